The van der Waals surface area contributed by atoms with E-state index >= 15 is 0 Å². The summed E-state index contributed by atoms with van der Waals surface area (Å²) < 4.78 is 5.29. The van der Waals surface area contributed by atoms with Gasteiger partial charge in [-0.2, -0.15) is 0 Å². The average Bonchev–Trinajstić information content (AvgIpc) is 2.80. The van der Waals surface area contributed by atoms with Crippen molar-refractivity contribution in [2.45, 2.75) is 73.1 Å². The number of hydrogen-bond donors (Lipinski definition) is 1. The Balaban J connectivity index is 0.000000258. The minimum absolute atomic E-state index is 0.158. The summed E-state index contributed by atoms with van der Waals surface area (Å²) in [4.78, 5) is 23.5. The molecule has 32 heavy (non-hydrogen) atoms. The third-order valence-corrected chi connectivity index (χ3v) is 6.61. The van der Waals surface area contributed by atoms with Gasteiger partial charge >= 0.3 is 0 Å². The third kappa shape index (κ3) is 6.94. The third-order valence-electron chi connectivity index (χ3n) is 6.61. The van der Waals surface area contributed by atoms with E-state index in [1.54, 1.807) is 14.0 Å². The van der Waals surface area contributed by atoms with E-state index in [2.05, 4.69) is 19.2 Å². The number of aryl methyl sites for hydroxylation is 2. The second kappa shape index (κ2) is 12.4. The van der Waals surface area contributed by atoms with Crippen LogP contribution >= 0.6 is 0 Å². The van der Waals surface area contributed by atoms with Crippen molar-refractivity contribution in [3.63, 3.8) is 0 Å². The summed E-state index contributed by atoms with van der Waals surface area (Å²) >= 11 is 0. The van der Waals surface area contributed by atoms with Gasteiger partial charge in [0.25, 0.3) is 0 Å². The Bertz CT molecular complexity index is 911. The summed E-state index contributed by atoms with van der Waals surface area (Å²) in [6.45, 7) is 9.98. The van der Waals surface area contributed by atoms with Gasteiger partial charge in [0, 0.05) is 23.2 Å². The Morgan fingerprint density at radius 1 is 1.00 bits per heavy atom. The number of carbonyl (C=O) groups is 2. The fourth-order valence-electron chi connectivity index (χ4n) is 4.48. The maximum Gasteiger partial charge on any atom is 0.227 e. The highest BCUT2D eigenvalue weighted by Crippen LogP contribution is 2.31. The van der Waals surface area contributed by atoms with Crippen LogP contribution in [0, 0.1) is 25.7 Å². The maximum absolute atomic E-state index is 12.3. The number of Topliss-reactive ketones (excluding diaryl/α,β-unsaturated/α-hetero) is 1. The lowest BCUT2D eigenvalue weighted by Crippen LogP contribution is -2.27. The molecule has 0 spiro atoms. The molecule has 2 aromatic carbocycles. The van der Waals surface area contributed by atoms with E-state index in [4.69, 9.17) is 4.74 Å². The van der Waals surface area contributed by atoms with Gasteiger partial charge in [-0.1, -0.05) is 44.5 Å². The standard InChI is InChI=1S/C17H25NO2.C11H14O/c1-4-13-6-8-14(9-7-13)17(19)18-15-10-5-12(2)16(11-15)20-3;1-4-10-8(2)6-5-7-11(10)9(3)12/h5,10-11,13-14H,4,6-9H2,1-3H3,(H,18,19);5-7H,4H2,1-3H3. The van der Waals surface area contributed by atoms with E-state index in [0.29, 0.717) is 0 Å². The molecule has 4 nitrogen and oxygen atoms in total. The molecular weight excluding hydrogens is 398 g/mol. The molecule has 2 aromatic rings. The number of hydrogen-bond acceptors (Lipinski definition) is 3. The molecule has 1 aliphatic carbocycles. The zero-order chi connectivity index (χ0) is 23.7. The summed E-state index contributed by atoms with van der Waals surface area (Å²) in [5.41, 5.74) is 5.18. The number of methoxy groups -OCH3 is 1. The number of rotatable bonds is 6. The van der Waals surface area contributed by atoms with Crippen LogP contribution in [0.25, 0.3) is 0 Å². The van der Waals surface area contributed by atoms with Crippen LogP contribution in [0.5, 0.6) is 5.75 Å². The lowest BCUT2D eigenvalue weighted by molar-refractivity contribution is -0.121. The van der Waals surface area contributed by atoms with E-state index in [1.807, 2.05) is 50.2 Å². The van der Waals surface area contributed by atoms with Crippen molar-refractivity contribution in [3.8, 4) is 5.75 Å². The normalized spacial score (nSPS) is 17.7. The lowest BCUT2D eigenvalue weighted by Gasteiger charge is -2.27. The zero-order valence-electron chi connectivity index (χ0n) is 20.6. The molecule has 0 atom stereocenters. The van der Waals surface area contributed by atoms with Crippen LogP contribution < -0.4 is 10.1 Å². The van der Waals surface area contributed by atoms with E-state index in [-0.39, 0.29) is 17.6 Å². The Labute approximate surface area is 193 Å². The predicted molar refractivity (Wildman–Crippen MR) is 133 cm³/mol. The van der Waals surface area contributed by atoms with Gasteiger partial charge in [0.15, 0.2) is 5.78 Å². The van der Waals surface area contributed by atoms with Crippen molar-refractivity contribution in [2.24, 2.45) is 11.8 Å². The number of amides is 1. The van der Waals surface area contributed by atoms with Crippen molar-refractivity contribution in [1.29, 1.82) is 0 Å². The first kappa shape index (κ1) is 25.6. The number of nitrogens with one attached hydrogen (secondary N) is 1. The number of anilines is 1. The summed E-state index contributed by atoms with van der Waals surface area (Å²) in [6, 6.07) is 11.7. The second-order valence-corrected chi connectivity index (χ2v) is 8.81. The van der Waals surface area contributed by atoms with E-state index in [1.165, 1.54) is 30.4 Å². The van der Waals surface area contributed by atoms with Crippen molar-refractivity contribution >= 4 is 17.4 Å². The highest BCUT2D eigenvalue weighted by atomic mass is 16.5. The van der Waals surface area contributed by atoms with E-state index in [0.717, 1.165) is 47.7 Å². The molecule has 4 heteroatoms. The number of ether oxygens (including phenoxy) is 1. The smallest absolute Gasteiger partial charge is 0.227 e. The minimum atomic E-state index is 0.158. The summed E-state index contributed by atoms with van der Waals surface area (Å²) in [7, 11) is 1.65. The molecule has 1 amide bonds. The van der Waals surface area contributed by atoms with Crippen LogP contribution in [-0.2, 0) is 11.2 Å². The molecule has 1 aliphatic rings. The lowest BCUT2D eigenvalue weighted by atomic mass is 9.80. The summed E-state index contributed by atoms with van der Waals surface area (Å²) in [6.07, 6.45) is 6.59. The van der Waals surface area contributed by atoms with Gasteiger partial charge in [-0.05, 0) is 81.5 Å². The topological polar surface area (TPSA) is 55.4 Å². The minimum Gasteiger partial charge on any atom is -0.496 e. The quantitative estimate of drug-likeness (QED) is 0.499. The fourth-order valence-corrected chi connectivity index (χ4v) is 4.48. The predicted octanol–water partition coefficient (Wildman–Crippen LogP) is 6.92. The van der Waals surface area contributed by atoms with E-state index in [9.17, 15) is 9.59 Å². The molecule has 3 rings (SSSR count). The van der Waals surface area contributed by atoms with Gasteiger partial charge in [-0.25, -0.2) is 0 Å². The molecule has 0 unspecified atom stereocenters. The van der Waals surface area contributed by atoms with Crippen LogP contribution in [0.4, 0.5) is 5.69 Å². The second-order valence-electron chi connectivity index (χ2n) is 8.81. The van der Waals surface area contributed by atoms with Crippen molar-refractivity contribution in [1.82, 2.24) is 0 Å². The van der Waals surface area contributed by atoms with Crippen LogP contribution in [-0.4, -0.2) is 18.8 Å². The number of ketones is 1. The van der Waals surface area contributed by atoms with Crippen molar-refractivity contribution in [3.05, 3.63) is 58.7 Å². The Hall–Kier alpha value is -2.62. The zero-order valence-corrected chi connectivity index (χ0v) is 20.6. The van der Waals surface area contributed by atoms with Gasteiger partial charge in [-0.15, -0.1) is 0 Å². The largest absolute Gasteiger partial charge is 0.496 e. The molecule has 0 aromatic heterocycles. The van der Waals surface area contributed by atoms with Gasteiger partial charge < -0.3 is 10.1 Å². The van der Waals surface area contributed by atoms with Gasteiger partial charge in [-0.3, -0.25) is 9.59 Å². The maximum atomic E-state index is 12.3. The Kier molecular flexibility index (Phi) is 9.96. The van der Waals surface area contributed by atoms with Crippen LogP contribution in [0.15, 0.2) is 36.4 Å². The number of benzene rings is 2. The van der Waals surface area contributed by atoms with Crippen molar-refractivity contribution < 1.29 is 14.3 Å². The molecule has 0 aliphatic heterocycles. The Morgan fingerprint density at radius 3 is 2.22 bits per heavy atom. The molecule has 0 radical (unpaired) electrons. The first-order valence-electron chi connectivity index (χ1n) is 11.9. The first-order valence-corrected chi connectivity index (χ1v) is 11.9. The highest BCUT2D eigenvalue weighted by Gasteiger charge is 2.25. The monoisotopic (exact) mass is 437 g/mol. The summed E-state index contributed by atoms with van der Waals surface area (Å²) in [5, 5.41) is 3.03. The van der Waals surface area contributed by atoms with Gasteiger partial charge in [0.05, 0.1) is 7.11 Å². The molecule has 0 bridgehead atoms. The molecule has 1 saturated carbocycles. The molecule has 0 saturated heterocycles. The molecule has 1 fully saturated rings. The highest BCUT2D eigenvalue weighted by molar-refractivity contribution is 5.95. The molecule has 174 valence electrons. The Morgan fingerprint density at radius 2 is 1.69 bits per heavy atom. The van der Waals surface area contributed by atoms with Crippen LogP contribution in [0.1, 0.15) is 79.9 Å². The SMILES string of the molecule is CCC1CCC(C(=O)Nc2ccc(C)c(OC)c2)CC1.CCc1c(C)cccc1C(C)=O. The summed E-state index contributed by atoms with van der Waals surface area (Å²) in [5.74, 6) is 2.13. The van der Waals surface area contributed by atoms with Crippen LogP contribution in [0.2, 0.25) is 0 Å². The van der Waals surface area contributed by atoms with E-state index < -0.39 is 0 Å². The first-order chi connectivity index (χ1) is 15.3. The van der Waals surface area contributed by atoms with Crippen LogP contribution in [0.3, 0.4) is 0 Å². The average molecular weight is 438 g/mol. The van der Waals surface area contributed by atoms with Crippen molar-refractivity contribution in [2.75, 3.05) is 12.4 Å². The van der Waals surface area contributed by atoms with Gasteiger partial charge in [0.2, 0.25) is 5.91 Å². The number of carbonyl (C=O) groups excluding carboxylic acids is 2. The van der Waals surface area contributed by atoms with Gasteiger partial charge in [0.1, 0.15) is 5.75 Å². The molecule has 1 N–H and O–H groups in total. The fraction of sp³-hybridized carbons (Fsp3) is 0.500. The molecule has 0 heterocycles. The molecular formula is C28H39NO3.